The molecule has 0 saturated heterocycles. The number of aryl methyl sites for hydroxylation is 1. The largest absolute Gasteiger partial charge is 0.265 e. The maximum absolute atomic E-state index is 9.27. The molecule has 0 aliphatic rings. The quantitative estimate of drug-likeness (QED) is 0.759. The lowest BCUT2D eigenvalue weighted by Crippen LogP contribution is -1.87. The molecule has 2 nitrogen and oxygen atoms in total. The average Bonchev–Trinajstić information content (AvgIpc) is 2.41. The molecular weight excluding hydrogens is 244 g/mol. The van der Waals surface area contributed by atoms with E-state index in [0.717, 1.165) is 16.7 Å². The van der Waals surface area contributed by atoms with Crippen LogP contribution in [0.5, 0.6) is 0 Å². The zero-order chi connectivity index (χ0) is 13.0. The molecule has 0 saturated carbocycles. The monoisotopic (exact) mass is 254 g/mol. The number of hydrogen-bond acceptors (Lipinski definition) is 2. The van der Waals surface area contributed by atoms with Crippen LogP contribution in [0.1, 0.15) is 16.7 Å². The second-order valence-corrected chi connectivity index (χ2v) is 4.28. The van der Waals surface area contributed by atoms with Gasteiger partial charge in [-0.1, -0.05) is 41.4 Å². The second kappa shape index (κ2) is 5.48. The molecule has 0 aliphatic heterocycles. The highest BCUT2D eigenvalue weighted by molar-refractivity contribution is 6.53. The van der Waals surface area contributed by atoms with Crippen LogP contribution >= 0.6 is 11.6 Å². The van der Waals surface area contributed by atoms with Crippen molar-refractivity contribution in [2.75, 3.05) is 0 Å². The van der Waals surface area contributed by atoms with Gasteiger partial charge in [0.15, 0.2) is 0 Å². The summed E-state index contributed by atoms with van der Waals surface area (Å²) in [6, 6.07) is 13.5. The number of halogens is 1. The van der Waals surface area contributed by atoms with Crippen molar-refractivity contribution in [3.63, 3.8) is 0 Å². The summed E-state index contributed by atoms with van der Waals surface area (Å²) in [5.41, 5.74) is 3.20. The first kappa shape index (κ1) is 12.3. The molecule has 1 heterocycles. The van der Waals surface area contributed by atoms with Crippen molar-refractivity contribution in [2.24, 2.45) is 0 Å². The predicted octanol–water partition coefficient (Wildman–Crippen LogP) is 4.02. The summed E-state index contributed by atoms with van der Waals surface area (Å²) in [6.45, 7) is 1.99. The summed E-state index contributed by atoms with van der Waals surface area (Å²) in [5, 5.41) is 9.73. The lowest BCUT2D eigenvalue weighted by molar-refractivity contribution is 1.32. The molecule has 0 unspecified atom stereocenters. The fraction of sp³-hybridized carbons (Fsp3) is 0.0667. The summed E-state index contributed by atoms with van der Waals surface area (Å²) < 4.78 is 0. The third kappa shape index (κ3) is 2.58. The zero-order valence-corrected chi connectivity index (χ0v) is 10.6. The molecule has 3 heteroatoms. The molecule has 0 fully saturated rings. The van der Waals surface area contributed by atoms with Crippen molar-refractivity contribution in [1.82, 2.24) is 4.98 Å². The Hall–Kier alpha value is -2.11. The first-order chi connectivity index (χ1) is 8.72. The molecule has 0 aliphatic carbocycles. The van der Waals surface area contributed by atoms with E-state index in [0.29, 0.717) is 10.6 Å². The van der Waals surface area contributed by atoms with Crippen molar-refractivity contribution < 1.29 is 0 Å². The Kier molecular flexibility index (Phi) is 3.76. The number of nitriles is 1. The first-order valence-corrected chi connectivity index (χ1v) is 5.87. The summed E-state index contributed by atoms with van der Waals surface area (Å²) >= 11 is 6.32. The maximum Gasteiger partial charge on any atom is 0.101 e. The van der Waals surface area contributed by atoms with Crippen molar-refractivity contribution in [3.8, 4) is 6.07 Å². The minimum atomic E-state index is 0.463. The Bertz CT molecular complexity index is 624. The smallest absolute Gasteiger partial charge is 0.101 e. The molecule has 0 atom stereocenters. The van der Waals surface area contributed by atoms with E-state index < -0.39 is 0 Å². The normalized spacial score (nSPS) is 11.6. The van der Waals surface area contributed by atoms with Gasteiger partial charge in [0.1, 0.15) is 6.07 Å². The SMILES string of the molecule is Cc1cccc(/C(Cl)=C(/C#N)c2ccncc2)c1. The van der Waals surface area contributed by atoms with Crippen LogP contribution in [-0.2, 0) is 0 Å². The summed E-state index contributed by atoms with van der Waals surface area (Å²) in [6.07, 6.45) is 3.29. The van der Waals surface area contributed by atoms with E-state index in [1.807, 2.05) is 31.2 Å². The highest BCUT2D eigenvalue weighted by Gasteiger charge is 2.09. The van der Waals surface area contributed by atoms with E-state index >= 15 is 0 Å². The minimum absolute atomic E-state index is 0.463. The lowest BCUT2D eigenvalue weighted by atomic mass is 10.0. The third-order valence-electron chi connectivity index (χ3n) is 2.57. The maximum atomic E-state index is 9.27. The van der Waals surface area contributed by atoms with Gasteiger partial charge < -0.3 is 0 Å². The molecule has 0 bridgehead atoms. The van der Waals surface area contributed by atoms with Gasteiger partial charge in [0.05, 0.1) is 10.6 Å². The first-order valence-electron chi connectivity index (χ1n) is 5.49. The molecule has 0 spiro atoms. The van der Waals surface area contributed by atoms with Crippen LogP contribution in [0.15, 0.2) is 48.8 Å². The number of nitrogens with zero attached hydrogens (tertiary/aromatic N) is 2. The van der Waals surface area contributed by atoms with E-state index in [-0.39, 0.29) is 0 Å². The van der Waals surface area contributed by atoms with Gasteiger partial charge in [-0.25, -0.2) is 0 Å². The standard InChI is InChI=1S/C15H11ClN2/c1-11-3-2-4-13(9-11)15(16)14(10-17)12-5-7-18-8-6-12/h2-9H,1H3/b15-14+. The Morgan fingerprint density at radius 2 is 1.89 bits per heavy atom. The number of pyridine rings is 1. The van der Waals surface area contributed by atoms with Crippen molar-refractivity contribution in [1.29, 1.82) is 5.26 Å². The number of aromatic nitrogens is 1. The van der Waals surface area contributed by atoms with Crippen molar-refractivity contribution in [3.05, 3.63) is 65.5 Å². The fourth-order valence-electron chi connectivity index (χ4n) is 1.68. The van der Waals surface area contributed by atoms with Crippen LogP contribution in [0.3, 0.4) is 0 Å². The lowest BCUT2D eigenvalue weighted by Gasteiger charge is -2.05. The highest BCUT2D eigenvalue weighted by Crippen LogP contribution is 2.29. The van der Waals surface area contributed by atoms with Crippen LogP contribution in [-0.4, -0.2) is 4.98 Å². The van der Waals surface area contributed by atoms with E-state index in [1.165, 1.54) is 0 Å². The number of benzene rings is 1. The Morgan fingerprint density at radius 3 is 2.50 bits per heavy atom. The van der Waals surface area contributed by atoms with E-state index in [4.69, 9.17) is 11.6 Å². The van der Waals surface area contributed by atoms with Gasteiger partial charge in [-0.3, -0.25) is 4.98 Å². The molecule has 0 amide bonds. The van der Waals surface area contributed by atoms with Gasteiger partial charge in [0.2, 0.25) is 0 Å². The van der Waals surface area contributed by atoms with Crippen LogP contribution < -0.4 is 0 Å². The third-order valence-corrected chi connectivity index (χ3v) is 2.98. The molecule has 2 aromatic rings. The molecule has 1 aromatic heterocycles. The number of allylic oxidation sites excluding steroid dienone is 1. The molecule has 1 aromatic carbocycles. The van der Waals surface area contributed by atoms with Crippen LogP contribution in [0.25, 0.3) is 10.6 Å². The van der Waals surface area contributed by atoms with Gasteiger partial charge in [-0.15, -0.1) is 0 Å². The van der Waals surface area contributed by atoms with Crippen molar-refractivity contribution >= 4 is 22.2 Å². The van der Waals surface area contributed by atoms with E-state index in [1.54, 1.807) is 24.5 Å². The predicted molar refractivity (Wildman–Crippen MR) is 73.7 cm³/mol. The topological polar surface area (TPSA) is 36.7 Å². The van der Waals surface area contributed by atoms with Gasteiger partial charge in [-0.05, 0) is 30.2 Å². The second-order valence-electron chi connectivity index (χ2n) is 3.91. The van der Waals surface area contributed by atoms with Gasteiger partial charge in [0, 0.05) is 12.4 Å². The summed E-state index contributed by atoms with van der Waals surface area (Å²) in [7, 11) is 0. The number of hydrogen-bond donors (Lipinski definition) is 0. The Morgan fingerprint density at radius 1 is 1.17 bits per heavy atom. The van der Waals surface area contributed by atoms with Gasteiger partial charge in [0.25, 0.3) is 0 Å². The van der Waals surface area contributed by atoms with Gasteiger partial charge >= 0.3 is 0 Å². The minimum Gasteiger partial charge on any atom is -0.265 e. The highest BCUT2D eigenvalue weighted by atomic mass is 35.5. The molecule has 18 heavy (non-hydrogen) atoms. The Balaban J connectivity index is 2.55. The number of rotatable bonds is 2. The molecule has 2 rings (SSSR count). The van der Waals surface area contributed by atoms with E-state index in [2.05, 4.69) is 11.1 Å². The molecule has 88 valence electrons. The van der Waals surface area contributed by atoms with Crippen LogP contribution in [0.2, 0.25) is 0 Å². The molecule has 0 radical (unpaired) electrons. The van der Waals surface area contributed by atoms with E-state index in [9.17, 15) is 5.26 Å². The zero-order valence-electron chi connectivity index (χ0n) is 9.89. The fourth-order valence-corrected chi connectivity index (χ4v) is 1.95. The summed E-state index contributed by atoms with van der Waals surface area (Å²) in [5.74, 6) is 0. The molecular formula is C15H11ClN2. The molecule has 0 N–H and O–H groups in total. The van der Waals surface area contributed by atoms with Crippen LogP contribution in [0, 0.1) is 18.3 Å². The average molecular weight is 255 g/mol. The van der Waals surface area contributed by atoms with Crippen LogP contribution in [0.4, 0.5) is 0 Å². The summed E-state index contributed by atoms with van der Waals surface area (Å²) in [4.78, 5) is 3.93. The van der Waals surface area contributed by atoms with Gasteiger partial charge in [-0.2, -0.15) is 5.26 Å². The van der Waals surface area contributed by atoms with Crippen molar-refractivity contribution in [2.45, 2.75) is 6.92 Å². The Labute approximate surface area is 111 Å².